The normalized spacial score (nSPS) is 19.7. The highest BCUT2D eigenvalue weighted by Crippen LogP contribution is 2.40. The number of ether oxygens (including phenoxy) is 2. The van der Waals surface area contributed by atoms with Crippen LogP contribution in [0.15, 0.2) is 45.8 Å². The van der Waals surface area contributed by atoms with E-state index in [1.807, 2.05) is 35.2 Å². The molecule has 0 atom stereocenters. The molecule has 194 valence electrons. The minimum atomic E-state index is -0.411. The molecule has 3 saturated heterocycles. The number of imide groups is 1. The van der Waals surface area contributed by atoms with Crippen molar-refractivity contribution in [2.45, 2.75) is 6.54 Å². The molecule has 3 aliphatic heterocycles. The Labute approximate surface area is 226 Å². The van der Waals surface area contributed by atoms with Gasteiger partial charge in [-0.1, -0.05) is 28.1 Å². The van der Waals surface area contributed by atoms with Gasteiger partial charge in [0, 0.05) is 48.0 Å². The monoisotopic (exact) mass is 588 g/mol. The minimum absolute atomic E-state index is 0.0424. The van der Waals surface area contributed by atoms with Crippen molar-refractivity contribution in [2.24, 2.45) is 0 Å². The van der Waals surface area contributed by atoms with Gasteiger partial charge in [0.1, 0.15) is 5.69 Å². The fourth-order valence-electron chi connectivity index (χ4n) is 4.53. The highest BCUT2D eigenvalue weighted by atomic mass is 79.9. The van der Waals surface area contributed by atoms with E-state index in [-0.39, 0.29) is 22.4 Å². The summed E-state index contributed by atoms with van der Waals surface area (Å²) < 4.78 is 11.8. The molecule has 0 aliphatic carbocycles. The number of hydrogen-bond acceptors (Lipinski definition) is 9. The molecule has 37 heavy (non-hydrogen) atoms. The average molecular weight is 589 g/mol. The van der Waals surface area contributed by atoms with E-state index in [0.717, 1.165) is 27.5 Å². The van der Waals surface area contributed by atoms with Crippen LogP contribution in [0, 0.1) is 10.1 Å². The zero-order valence-electron chi connectivity index (χ0n) is 19.9. The van der Waals surface area contributed by atoms with Crippen LogP contribution in [0.25, 0.3) is 6.08 Å². The second-order valence-corrected chi connectivity index (χ2v) is 10.7. The third-order valence-corrected chi connectivity index (χ3v) is 7.87. The SMILES string of the molecule is O=C1S/C(=C\c2cc([N+](=O)[O-])c(N3CCOCC3)cc2N2CCOCC2)C(=O)N1Cc1ccc(Br)cc1. The summed E-state index contributed by atoms with van der Waals surface area (Å²) in [6, 6.07) is 10.7. The minimum Gasteiger partial charge on any atom is -0.378 e. The summed E-state index contributed by atoms with van der Waals surface area (Å²) >= 11 is 4.23. The molecule has 2 amide bonds. The van der Waals surface area contributed by atoms with E-state index in [4.69, 9.17) is 9.47 Å². The van der Waals surface area contributed by atoms with Crippen molar-refractivity contribution in [2.75, 3.05) is 62.4 Å². The maximum Gasteiger partial charge on any atom is 0.293 e. The van der Waals surface area contributed by atoms with Crippen molar-refractivity contribution < 1.29 is 24.0 Å². The summed E-state index contributed by atoms with van der Waals surface area (Å²) in [4.78, 5) is 43.2. The first-order valence-electron chi connectivity index (χ1n) is 11.9. The molecule has 0 unspecified atom stereocenters. The van der Waals surface area contributed by atoms with E-state index in [2.05, 4.69) is 20.8 Å². The standard InChI is InChI=1S/C25H25BrN4O6S/c26-19-3-1-17(2-4-19)16-29-24(31)23(37-25(29)32)14-18-13-22(30(33)34)21(28-7-11-36-12-8-28)15-20(18)27-5-9-35-10-6-27/h1-4,13-15H,5-12,16H2/b23-14-. The Morgan fingerprint density at radius 2 is 1.54 bits per heavy atom. The molecule has 10 nitrogen and oxygen atoms in total. The van der Waals surface area contributed by atoms with Gasteiger partial charge in [0.05, 0.1) is 42.8 Å². The largest absolute Gasteiger partial charge is 0.378 e. The summed E-state index contributed by atoms with van der Waals surface area (Å²) in [5.74, 6) is -0.411. The molecule has 3 heterocycles. The van der Waals surface area contributed by atoms with Gasteiger partial charge in [-0.15, -0.1) is 0 Å². The number of nitrogens with zero attached hydrogens (tertiary/aromatic N) is 4. The summed E-state index contributed by atoms with van der Waals surface area (Å²) in [6.07, 6.45) is 1.60. The van der Waals surface area contributed by atoms with Gasteiger partial charge in [-0.3, -0.25) is 24.6 Å². The molecule has 3 fully saturated rings. The molecule has 3 aliphatic rings. The third-order valence-electron chi connectivity index (χ3n) is 6.44. The lowest BCUT2D eigenvalue weighted by Crippen LogP contribution is -2.38. The Morgan fingerprint density at radius 1 is 0.946 bits per heavy atom. The predicted molar refractivity (Wildman–Crippen MR) is 145 cm³/mol. The number of nitro benzene ring substituents is 1. The van der Waals surface area contributed by atoms with Gasteiger partial charge in [-0.2, -0.15) is 0 Å². The lowest BCUT2D eigenvalue weighted by Gasteiger charge is -2.33. The smallest absolute Gasteiger partial charge is 0.293 e. The van der Waals surface area contributed by atoms with Crippen LogP contribution in [0.4, 0.5) is 21.9 Å². The first kappa shape index (κ1) is 25.7. The lowest BCUT2D eigenvalue weighted by molar-refractivity contribution is -0.384. The summed E-state index contributed by atoms with van der Waals surface area (Å²) in [6.45, 7) is 4.56. The molecule has 0 aromatic heterocycles. The number of anilines is 2. The molecule has 5 rings (SSSR count). The first-order valence-corrected chi connectivity index (χ1v) is 13.5. The molecular weight excluding hydrogens is 564 g/mol. The number of amides is 2. The molecule has 0 saturated carbocycles. The number of rotatable bonds is 6. The van der Waals surface area contributed by atoms with Crippen molar-refractivity contribution in [1.82, 2.24) is 4.90 Å². The van der Waals surface area contributed by atoms with Gasteiger partial charge in [0.2, 0.25) is 0 Å². The average Bonchev–Trinajstić information content (AvgIpc) is 3.17. The van der Waals surface area contributed by atoms with Crippen LogP contribution < -0.4 is 9.80 Å². The van der Waals surface area contributed by atoms with Crippen LogP contribution in [0.1, 0.15) is 11.1 Å². The quantitative estimate of drug-likeness (QED) is 0.278. The van der Waals surface area contributed by atoms with Crippen LogP contribution in [0.3, 0.4) is 0 Å². The van der Waals surface area contributed by atoms with Gasteiger partial charge in [0.15, 0.2) is 0 Å². The summed E-state index contributed by atoms with van der Waals surface area (Å²) in [7, 11) is 0. The number of carbonyl (C=O) groups excluding carboxylic acids is 2. The van der Waals surface area contributed by atoms with E-state index in [1.54, 1.807) is 6.08 Å². The van der Waals surface area contributed by atoms with Gasteiger partial charge in [-0.25, -0.2) is 0 Å². The Hall–Kier alpha value is -2.93. The van der Waals surface area contributed by atoms with Gasteiger partial charge in [0.25, 0.3) is 16.8 Å². The number of carbonyl (C=O) groups is 2. The number of thioether (sulfide) groups is 1. The van der Waals surface area contributed by atoms with Crippen molar-refractivity contribution in [3.63, 3.8) is 0 Å². The number of morpholine rings is 2. The molecule has 2 aromatic rings. The number of halogens is 1. The lowest BCUT2D eigenvalue weighted by atomic mass is 10.1. The van der Waals surface area contributed by atoms with E-state index >= 15 is 0 Å². The van der Waals surface area contributed by atoms with E-state index < -0.39 is 10.8 Å². The van der Waals surface area contributed by atoms with E-state index in [9.17, 15) is 19.7 Å². The van der Waals surface area contributed by atoms with E-state index in [0.29, 0.717) is 63.9 Å². The molecular formula is C25H25BrN4O6S. The Morgan fingerprint density at radius 3 is 2.14 bits per heavy atom. The fourth-order valence-corrected chi connectivity index (χ4v) is 5.62. The summed E-state index contributed by atoms with van der Waals surface area (Å²) in [5.41, 5.74) is 2.61. The third kappa shape index (κ3) is 5.66. The second-order valence-electron chi connectivity index (χ2n) is 8.75. The Bertz CT molecular complexity index is 1240. The van der Waals surface area contributed by atoms with Crippen molar-refractivity contribution >= 4 is 62.0 Å². The topological polar surface area (TPSA) is 105 Å². The van der Waals surface area contributed by atoms with Gasteiger partial charge >= 0.3 is 0 Å². The van der Waals surface area contributed by atoms with Crippen LogP contribution in [-0.2, 0) is 20.8 Å². The molecule has 2 aromatic carbocycles. The summed E-state index contributed by atoms with van der Waals surface area (Å²) in [5, 5.41) is 11.7. The Kier molecular flexibility index (Phi) is 7.79. The molecule has 0 spiro atoms. The highest BCUT2D eigenvalue weighted by molar-refractivity contribution is 9.10. The van der Waals surface area contributed by atoms with Crippen molar-refractivity contribution in [3.8, 4) is 0 Å². The predicted octanol–water partition coefficient (Wildman–Crippen LogP) is 4.27. The van der Waals surface area contributed by atoms with Gasteiger partial charge < -0.3 is 19.3 Å². The molecule has 12 heteroatoms. The zero-order valence-corrected chi connectivity index (χ0v) is 22.3. The van der Waals surface area contributed by atoms with Crippen LogP contribution in [0.2, 0.25) is 0 Å². The van der Waals surface area contributed by atoms with Crippen LogP contribution >= 0.6 is 27.7 Å². The van der Waals surface area contributed by atoms with Crippen LogP contribution in [0.5, 0.6) is 0 Å². The van der Waals surface area contributed by atoms with E-state index in [1.165, 1.54) is 11.0 Å². The number of benzene rings is 2. The first-order chi connectivity index (χ1) is 17.9. The van der Waals surface area contributed by atoms with Crippen molar-refractivity contribution in [1.29, 1.82) is 0 Å². The molecule has 0 radical (unpaired) electrons. The maximum absolute atomic E-state index is 13.2. The number of nitro groups is 1. The maximum atomic E-state index is 13.2. The highest BCUT2D eigenvalue weighted by Gasteiger charge is 2.36. The fraction of sp³-hybridized carbons (Fsp3) is 0.360. The Balaban J connectivity index is 1.52. The van der Waals surface area contributed by atoms with Gasteiger partial charge in [-0.05, 0) is 41.6 Å². The van der Waals surface area contributed by atoms with Crippen molar-refractivity contribution in [3.05, 3.63) is 67.0 Å². The molecule has 0 N–H and O–H groups in total. The second kappa shape index (κ2) is 11.2. The van der Waals surface area contributed by atoms with Crippen LogP contribution in [-0.4, -0.2) is 73.6 Å². The number of hydrogen-bond donors (Lipinski definition) is 0. The zero-order chi connectivity index (χ0) is 25.9. The molecule has 0 bridgehead atoms.